The van der Waals surface area contributed by atoms with E-state index in [1.807, 2.05) is 42.5 Å². The van der Waals surface area contributed by atoms with E-state index in [1.54, 1.807) is 6.07 Å². The minimum Gasteiger partial charge on any atom is -0.507 e. The Morgan fingerprint density at radius 1 is 1.07 bits per heavy atom. The molecular formula is C13H13NO. The van der Waals surface area contributed by atoms with Crippen molar-refractivity contribution >= 4 is 16.8 Å². The van der Waals surface area contributed by atoms with Crippen molar-refractivity contribution in [3.63, 3.8) is 0 Å². The highest BCUT2D eigenvalue weighted by Crippen LogP contribution is 2.27. The molecule has 2 aromatic rings. The maximum absolute atomic E-state index is 9.67. The number of hydrogen-bond acceptors (Lipinski definition) is 2. The second-order valence-corrected chi connectivity index (χ2v) is 3.36. The largest absolute Gasteiger partial charge is 0.507 e. The molecule has 0 spiro atoms. The summed E-state index contributed by atoms with van der Waals surface area (Å²) in [6.07, 6.45) is 3.88. The summed E-state index contributed by atoms with van der Waals surface area (Å²) < 4.78 is 0. The first-order chi connectivity index (χ1) is 7.33. The predicted molar refractivity (Wildman–Crippen MR) is 63.7 cm³/mol. The Balaban J connectivity index is 2.66. The van der Waals surface area contributed by atoms with Crippen LogP contribution in [0.15, 0.2) is 42.5 Å². The van der Waals surface area contributed by atoms with Crippen molar-refractivity contribution in [2.24, 2.45) is 5.73 Å². The summed E-state index contributed by atoms with van der Waals surface area (Å²) in [5, 5.41) is 11.6. The lowest BCUT2D eigenvalue weighted by atomic mass is 10.0. The van der Waals surface area contributed by atoms with Gasteiger partial charge in [0.25, 0.3) is 0 Å². The molecule has 0 atom stereocenters. The molecule has 0 fully saturated rings. The van der Waals surface area contributed by atoms with Gasteiger partial charge >= 0.3 is 0 Å². The number of benzene rings is 2. The topological polar surface area (TPSA) is 46.2 Å². The number of phenolic OH excluding ortho intramolecular Hbond substituents is 1. The van der Waals surface area contributed by atoms with Gasteiger partial charge in [-0.25, -0.2) is 0 Å². The van der Waals surface area contributed by atoms with Crippen LogP contribution >= 0.6 is 0 Å². The fourth-order valence-corrected chi connectivity index (χ4v) is 1.65. The van der Waals surface area contributed by atoms with Crippen molar-refractivity contribution in [2.75, 3.05) is 6.54 Å². The van der Waals surface area contributed by atoms with E-state index < -0.39 is 0 Å². The van der Waals surface area contributed by atoms with Crippen molar-refractivity contribution in [1.29, 1.82) is 0 Å². The molecule has 0 saturated carbocycles. The first-order valence-electron chi connectivity index (χ1n) is 4.90. The molecule has 76 valence electrons. The standard InChI is InChI=1S/C13H13NO/c14-9-3-4-10-7-8-13(15)12-6-2-1-5-11(10)12/h1-8,15H,9,14H2. The highest BCUT2D eigenvalue weighted by Gasteiger charge is 2.01. The highest BCUT2D eigenvalue weighted by atomic mass is 16.3. The Kier molecular flexibility index (Phi) is 2.70. The third-order valence-corrected chi connectivity index (χ3v) is 2.37. The molecule has 15 heavy (non-hydrogen) atoms. The molecule has 0 bridgehead atoms. The molecular weight excluding hydrogens is 186 g/mol. The van der Waals surface area contributed by atoms with Gasteiger partial charge in [0.2, 0.25) is 0 Å². The Labute approximate surface area is 88.7 Å². The number of hydrogen-bond donors (Lipinski definition) is 2. The SMILES string of the molecule is NCC=Cc1ccc(O)c2ccccc12. The third kappa shape index (κ3) is 1.85. The van der Waals surface area contributed by atoms with E-state index in [9.17, 15) is 5.11 Å². The summed E-state index contributed by atoms with van der Waals surface area (Å²) in [5.74, 6) is 0.315. The van der Waals surface area contributed by atoms with Crippen LogP contribution in [0.25, 0.3) is 16.8 Å². The van der Waals surface area contributed by atoms with E-state index >= 15 is 0 Å². The zero-order valence-corrected chi connectivity index (χ0v) is 8.35. The van der Waals surface area contributed by atoms with Gasteiger partial charge in [-0.1, -0.05) is 42.5 Å². The minimum absolute atomic E-state index is 0.315. The van der Waals surface area contributed by atoms with Crippen LogP contribution < -0.4 is 5.73 Å². The van der Waals surface area contributed by atoms with Crippen molar-refractivity contribution < 1.29 is 5.11 Å². The van der Waals surface area contributed by atoms with E-state index in [-0.39, 0.29) is 0 Å². The molecule has 0 heterocycles. The van der Waals surface area contributed by atoms with E-state index in [0.29, 0.717) is 12.3 Å². The molecule has 2 heteroatoms. The molecule has 2 aromatic carbocycles. The van der Waals surface area contributed by atoms with Gasteiger partial charge in [-0.2, -0.15) is 0 Å². The monoisotopic (exact) mass is 199 g/mol. The molecule has 0 aromatic heterocycles. The molecule has 0 aliphatic rings. The fraction of sp³-hybridized carbons (Fsp3) is 0.0769. The lowest BCUT2D eigenvalue weighted by Gasteiger charge is -2.04. The van der Waals surface area contributed by atoms with E-state index in [4.69, 9.17) is 5.73 Å². The molecule has 0 radical (unpaired) electrons. The predicted octanol–water partition coefficient (Wildman–Crippen LogP) is 2.52. The zero-order chi connectivity index (χ0) is 10.7. The van der Waals surface area contributed by atoms with Crippen LogP contribution in [0.3, 0.4) is 0 Å². The summed E-state index contributed by atoms with van der Waals surface area (Å²) in [5.41, 5.74) is 6.49. The van der Waals surface area contributed by atoms with Gasteiger partial charge in [-0.3, -0.25) is 0 Å². The van der Waals surface area contributed by atoms with Crippen LogP contribution in [-0.4, -0.2) is 11.7 Å². The number of fused-ring (bicyclic) bond motifs is 1. The van der Waals surface area contributed by atoms with Gasteiger partial charge in [0, 0.05) is 11.9 Å². The molecule has 0 saturated heterocycles. The summed E-state index contributed by atoms with van der Waals surface area (Å²) in [4.78, 5) is 0. The van der Waals surface area contributed by atoms with Gasteiger partial charge in [-0.15, -0.1) is 0 Å². The first kappa shape index (κ1) is 9.74. The molecule has 2 rings (SSSR count). The molecule has 0 aliphatic carbocycles. The van der Waals surface area contributed by atoms with Crippen LogP contribution in [0.1, 0.15) is 5.56 Å². The van der Waals surface area contributed by atoms with Gasteiger partial charge in [0.1, 0.15) is 5.75 Å². The van der Waals surface area contributed by atoms with E-state index in [2.05, 4.69) is 0 Å². The van der Waals surface area contributed by atoms with Gasteiger partial charge in [0.05, 0.1) is 0 Å². The van der Waals surface area contributed by atoms with Gasteiger partial charge in [0.15, 0.2) is 0 Å². The Morgan fingerprint density at radius 2 is 1.80 bits per heavy atom. The van der Waals surface area contributed by atoms with Crippen molar-refractivity contribution in [3.8, 4) is 5.75 Å². The number of rotatable bonds is 2. The number of phenols is 1. The van der Waals surface area contributed by atoms with Gasteiger partial charge < -0.3 is 10.8 Å². The molecule has 2 nitrogen and oxygen atoms in total. The number of nitrogens with two attached hydrogens (primary N) is 1. The van der Waals surface area contributed by atoms with Crippen molar-refractivity contribution in [3.05, 3.63) is 48.0 Å². The highest BCUT2D eigenvalue weighted by molar-refractivity contribution is 5.94. The quantitative estimate of drug-likeness (QED) is 0.780. The summed E-state index contributed by atoms with van der Waals surface area (Å²) in [7, 11) is 0. The lowest BCUT2D eigenvalue weighted by molar-refractivity contribution is 0.481. The molecule has 0 amide bonds. The second-order valence-electron chi connectivity index (χ2n) is 3.36. The minimum atomic E-state index is 0.315. The molecule has 0 aliphatic heterocycles. The van der Waals surface area contributed by atoms with E-state index in [0.717, 1.165) is 16.3 Å². The number of aromatic hydroxyl groups is 1. The van der Waals surface area contributed by atoms with Crippen molar-refractivity contribution in [1.82, 2.24) is 0 Å². The Hall–Kier alpha value is -1.80. The Morgan fingerprint density at radius 3 is 2.53 bits per heavy atom. The first-order valence-corrected chi connectivity index (χ1v) is 4.90. The van der Waals surface area contributed by atoms with Crippen LogP contribution in [0, 0.1) is 0 Å². The average Bonchev–Trinajstić information content (AvgIpc) is 2.29. The zero-order valence-electron chi connectivity index (χ0n) is 8.35. The maximum Gasteiger partial charge on any atom is 0.123 e. The summed E-state index contributed by atoms with van der Waals surface area (Å²) in [6, 6.07) is 11.4. The summed E-state index contributed by atoms with van der Waals surface area (Å²) in [6.45, 7) is 0.523. The van der Waals surface area contributed by atoms with Gasteiger partial charge in [-0.05, 0) is 17.0 Å². The van der Waals surface area contributed by atoms with Crippen LogP contribution in [-0.2, 0) is 0 Å². The Bertz CT molecular complexity index is 503. The van der Waals surface area contributed by atoms with Crippen molar-refractivity contribution in [2.45, 2.75) is 0 Å². The third-order valence-electron chi connectivity index (χ3n) is 2.37. The fourth-order valence-electron chi connectivity index (χ4n) is 1.65. The van der Waals surface area contributed by atoms with Crippen LogP contribution in [0.4, 0.5) is 0 Å². The summed E-state index contributed by atoms with van der Waals surface area (Å²) >= 11 is 0. The molecule has 3 N–H and O–H groups in total. The van der Waals surface area contributed by atoms with Crippen LogP contribution in [0.2, 0.25) is 0 Å². The van der Waals surface area contributed by atoms with Crippen LogP contribution in [0.5, 0.6) is 5.75 Å². The normalized spacial score (nSPS) is 11.3. The lowest BCUT2D eigenvalue weighted by Crippen LogP contribution is -1.92. The maximum atomic E-state index is 9.67. The average molecular weight is 199 g/mol. The second kappa shape index (κ2) is 4.15. The molecule has 0 unspecified atom stereocenters. The smallest absolute Gasteiger partial charge is 0.123 e. The van der Waals surface area contributed by atoms with E-state index in [1.165, 1.54) is 0 Å².